The fourth-order valence-electron chi connectivity index (χ4n) is 5.92. The summed E-state index contributed by atoms with van der Waals surface area (Å²) in [6, 6.07) is 7.00. The lowest BCUT2D eigenvalue weighted by Gasteiger charge is -2.41. The van der Waals surface area contributed by atoms with Gasteiger partial charge in [0.2, 0.25) is 0 Å². The zero-order chi connectivity index (χ0) is 22.4. The molecule has 2 rings (SSSR count). The SMILES string of the molecule is CCCC[C@@H](O[Si](CC)(CC)CC)[C@H]1[C@H]2CC(=O)O[C@H]2C[C@H]1O[Si](CC)(CC)CC. The maximum Gasteiger partial charge on any atom is 0.306 e. The van der Waals surface area contributed by atoms with E-state index in [1.165, 1.54) is 31.0 Å². The maximum atomic E-state index is 12.2. The third-order valence-corrected chi connectivity index (χ3v) is 17.8. The van der Waals surface area contributed by atoms with E-state index in [1.54, 1.807) is 0 Å². The van der Waals surface area contributed by atoms with Crippen LogP contribution in [0.1, 0.15) is 80.6 Å². The van der Waals surface area contributed by atoms with Gasteiger partial charge in [0.1, 0.15) is 6.10 Å². The van der Waals surface area contributed by atoms with Gasteiger partial charge in [-0.1, -0.05) is 61.3 Å². The first-order valence-corrected chi connectivity index (χ1v) is 18.0. The highest BCUT2D eigenvalue weighted by molar-refractivity contribution is 6.74. The summed E-state index contributed by atoms with van der Waals surface area (Å²) in [6.07, 6.45) is 5.32. The summed E-state index contributed by atoms with van der Waals surface area (Å²) in [5.74, 6) is 0.567. The third kappa shape index (κ3) is 5.59. The van der Waals surface area contributed by atoms with E-state index in [0.29, 0.717) is 12.3 Å². The van der Waals surface area contributed by atoms with Crippen molar-refractivity contribution in [2.24, 2.45) is 11.8 Å². The lowest BCUT2D eigenvalue weighted by atomic mass is 9.85. The average molecular weight is 457 g/mol. The van der Waals surface area contributed by atoms with Crippen LogP contribution in [0.15, 0.2) is 0 Å². The standard InChI is InChI=1S/C24H48O4Si2/c1-8-15-16-20(27-29(9-2,10-3)11-4)24-19-17-23(25)26-21(19)18-22(24)28-30(12-5,13-6)14-7/h19-22,24H,8-18H2,1-7H3/t19-,20+,21-,22+,24+/m0/s1. The summed E-state index contributed by atoms with van der Waals surface area (Å²) in [4.78, 5) is 12.2. The van der Waals surface area contributed by atoms with Gasteiger partial charge < -0.3 is 13.6 Å². The van der Waals surface area contributed by atoms with Crippen LogP contribution in [0.2, 0.25) is 36.3 Å². The Balaban J connectivity index is 2.36. The molecule has 1 aliphatic heterocycles. The van der Waals surface area contributed by atoms with Crippen molar-refractivity contribution in [3.63, 3.8) is 0 Å². The minimum Gasteiger partial charge on any atom is -0.462 e. The van der Waals surface area contributed by atoms with Crippen molar-refractivity contribution in [1.29, 1.82) is 0 Å². The number of esters is 1. The molecule has 30 heavy (non-hydrogen) atoms. The molecule has 2 aliphatic rings. The van der Waals surface area contributed by atoms with Gasteiger partial charge in [0, 0.05) is 18.3 Å². The van der Waals surface area contributed by atoms with Crippen molar-refractivity contribution in [1.82, 2.24) is 0 Å². The number of rotatable bonds is 14. The number of carbonyl (C=O) groups excluding carboxylic acids is 1. The minimum atomic E-state index is -1.74. The second kappa shape index (κ2) is 11.6. The Kier molecular flexibility index (Phi) is 10.1. The second-order valence-electron chi connectivity index (χ2n) is 9.65. The molecule has 5 atom stereocenters. The van der Waals surface area contributed by atoms with Crippen molar-refractivity contribution in [2.45, 2.75) is 135 Å². The van der Waals surface area contributed by atoms with E-state index in [4.69, 9.17) is 13.6 Å². The van der Waals surface area contributed by atoms with Crippen LogP contribution >= 0.6 is 0 Å². The molecule has 4 nitrogen and oxygen atoms in total. The van der Waals surface area contributed by atoms with Crippen LogP contribution in [0.3, 0.4) is 0 Å². The first-order chi connectivity index (χ1) is 14.4. The Hall–Kier alpha value is -0.176. The lowest BCUT2D eigenvalue weighted by Crippen LogP contribution is -2.48. The van der Waals surface area contributed by atoms with Crippen molar-refractivity contribution in [2.75, 3.05) is 0 Å². The van der Waals surface area contributed by atoms with Crippen LogP contribution in [0.25, 0.3) is 0 Å². The van der Waals surface area contributed by atoms with Crippen LogP contribution in [0.5, 0.6) is 0 Å². The van der Waals surface area contributed by atoms with Gasteiger partial charge >= 0.3 is 5.97 Å². The summed E-state index contributed by atoms with van der Waals surface area (Å²) in [5, 5.41) is 0. The van der Waals surface area contributed by atoms with Crippen LogP contribution in [-0.2, 0) is 18.4 Å². The molecule has 0 unspecified atom stereocenters. The zero-order valence-corrected chi connectivity index (χ0v) is 22.8. The van der Waals surface area contributed by atoms with Crippen molar-refractivity contribution >= 4 is 22.6 Å². The molecule has 1 heterocycles. The molecule has 1 saturated heterocycles. The summed E-state index contributed by atoms with van der Waals surface area (Å²) < 4.78 is 20.0. The van der Waals surface area contributed by atoms with Crippen molar-refractivity contribution in [3.8, 4) is 0 Å². The first-order valence-electron chi connectivity index (χ1n) is 12.9. The van der Waals surface area contributed by atoms with E-state index < -0.39 is 16.6 Å². The Bertz CT molecular complexity index is 517. The largest absolute Gasteiger partial charge is 0.462 e. The normalized spacial score (nSPS) is 27.9. The molecule has 1 saturated carbocycles. The molecule has 0 spiro atoms. The molecule has 0 aromatic heterocycles. The average Bonchev–Trinajstić information content (AvgIpc) is 3.28. The van der Waals surface area contributed by atoms with Gasteiger partial charge in [0.25, 0.3) is 0 Å². The van der Waals surface area contributed by atoms with E-state index >= 15 is 0 Å². The Morgan fingerprint density at radius 1 is 0.933 bits per heavy atom. The smallest absolute Gasteiger partial charge is 0.306 e. The maximum absolute atomic E-state index is 12.2. The van der Waals surface area contributed by atoms with E-state index in [2.05, 4.69) is 48.5 Å². The number of fused-ring (bicyclic) bond motifs is 1. The number of unbranched alkanes of at least 4 members (excludes halogenated alkanes) is 1. The summed E-state index contributed by atoms with van der Waals surface area (Å²) >= 11 is 0. The highest BCUT2D eigenvalue weighted by Crippen LogP contribution is 2.48. The van der Waals surface area contributed by atoms with Gasteiger partial charge in [0.05, 0.1) is 18.6 Å². The van der Waals surface area contributed by atoms with Gasteiger partial charge in [-0.2, -0.15) is 0 Å². The predicted octanol–water partition coefficient (Wildman–Crippen LogP) is 6.91. The number of hydrogen-bond donors (Lipinski definition) is 0. The first kappa shape index (κ1) is 26.1. The van der Waals surface area contributed by atoms with E-state index in [0.717, 1.165) is 31.0 Å². The molecule has 0 aromatic rings. The Morgan fingerprint density at radius 3 is 2.00 bits per heavy atom. The van der Waals surface area contributed by atoms with Gasteiger partial charge in [-0.05, 0) is 42.7 Å². The van der Waals surface area contributed by atoms with Crippen molar-refractivity contribution in [3.05, 3.63) is 0 Å². The molecule has 176 valence electrons. The van der Waals surface area contributed by atoms with E-state index in [-0.39, 0.29) is 30.2 Å². The van der Waals surface area contributed by atoms with Gasteiger partial charge in [-0.25, -0.2) is 0 Å². The summed E-state index contributed by atoms with van der Waals surface area (Å²) in [7, 11) is -3.48. The molecule has 0 amide bonds. The fourth-order valence-corrected chi connectivity index (χ4v) is 11.7. The topological polar surface area (TPSA) is 44.8 Å². The van der Waals surface area contributed by atoms with Gasteiger partial charge in [0.15, 0.2) is 16.6 Å². The van der Waals surface area contributed by atoms with Crippen LogP contribution in [0.4, 0.5) is 0 Å². The predicted molar refractivity (Wildman–Crippen MR) is 130 cm³/mol. The summed E-state index contributed by atoms with van der Waals surface area (Å²) in [5.41, 5.74) is 0. The fraction of sp³-hybridized carbons (Fsp3) is 0.958. The molecule has 6 heteroatoms. The highest BCUT2D eigenvalue weighted by Gasteiger charge is 2.55. The third-order valence-electron chi connectivity index (χ3n) is 8.49. The number of ether oxygens (including phenoxy) is 1. The van der Waals surface area contributed by atoms with Crippen LogP contribution in [-0.4, -0.2) is 40.9 Å². The van der Waals surface area contributed by atoms with Crippen LogP contribution < -0.4 is 0 Å². The zero-order valence-electron chi connectivity index (χ0n) is 20.8. The molecule has 0 aromatic carbocycles. The Labute approximate surface area is 188 Å². The van der Waals surface area contributed by atoms with E-state index in [1.807, 2.05) is 0 Å². The Morgan fingerprint density at radius 2 is 1.50 bits per heavy atom. The minimum absolute atomic E-state index is 0.0161. The number of hydrogen-bond acceptors (Lipinski definition) is 4. The van der Waals surface area contributed by atoms with Gasteiger partial charge in [-0.3, -0.25) is 4.79 Å². The molecule has 0 bridgehead atoms. The quantitative estimate of drug-likeness (QED) is 0.210. The molecular formula is C24H48O4Si2. The lowest BCUT2D eigenvalue weighted by molar-refractivity contribution is -0.141. The molecule has 0 N–H and O–H groups in total. The van der Waals surface area contributed by atoms with Crippen molar-refractivity contribution < 1.29 is 18.4 Å². The van der Waals surface area contributed by atoms with Crippen LogP contribution in [0, 0.1) is 11.8 Å². The monoisotopic (exact) mass is 456 g/mol. The summed E-state index contributed by atoms with van der Waals surface area (Å²) in [6.45, 7) is 16.1. The number of carbonyl (C=O) groups is 1. The van der Waals surface area contributed by atoms with E-state index in [9.17, 15) is 4.79 Å². The molecular weight excluding hydrogens is 408 g/mol. The highest BCUT2D eigenvalue weighted by atomic mass is 28.4. The molecule has 0 radical (unpaired) electrons. The molecule has 1 aliphatic carbocycles. The second-order valence-corrected chi connectivity index (χ2v) is 19.1. The van der Waals surface area contributed by atoms with Gasteiger partial charge in [-0.15, -0.1) is 0 Å². The molecule has 2 fully saturated rings.